The lowest BCUT2D eigenvalue weighted by atomic mass is 9.98. The Morgan fingerprint density at radius 3 is 2.76 bits per heavy atom. The molecule has 6 nitrogen and oxygen atoms in total. The monoisotopic (exact) mass is 314 g/mol. The first kappa shape index (κ1) is 16.5. The Bertz CT molecular complexity index is 555. The Morgan fingerprint density at radius 2 is 2.14 bits per heavy atom. The highest BCUT2D eigenvalue weighted by atomic mass is 32.2. The van der Waals surface area contributed by atoms with Gasteiger partial charge in [0.1, 0.15) is 0 Å². The van der Waals surface area contributed by atoms with Gasteiger partial charge in [0, 0.05) is 18.2 Å². The van der Waals surface area contributed by atoms with Gasteiger partial charge < -0.3 is 5.32 Å². The first-order chi connectivity index (χ1) is 9.95. The second-order valence-electron chi connectivity index (χ2n) is 6.04. The van der Waals surface area contributed by atoms with Gasteiger partial charge in [-0.1, -0.05) is 20.8 Å². The first-order valence-corrected chi connectivity index (χ1v) is 9.19. The van der Waals surface area contributed by atoms with Crippen molar-refractivity contribution < 1.29 is 8.42 Å². The van der Waals surface area contributed by atoms with E-state index >= 15 is 0 Å². The van der Waals surface area contributed by atoms with Crippen LogP contribution in [-0.2, 0) is 16.6 Å². The van der Waals surface area contributed by atoms with Crippen molar-refractivity contribution in [2.45, 2.75) is 57.6 Å². The summed E-state index contributed by atoms with van der Waals surface area (Å²) < 4.78 is 27.9. The molecule has 1 heterocycles. The largest absolute Gasteiger partial charge is 0.313 e. The molecule has 3 atom stereocenters. The third-order valence-corrected chi connectivity index (χ3v) is 5.96. The molecule has 0 amide bonds. The van der Waals surface area contributed by atoms with E-state index in [-0.39, 0.29) is 11.1 Å². The van der Waals surface area contributed by atoms with Gasteiger partial charge in [0.2, 0.25) is 0 Å². The summed E-state index contributed by atoms with van der Waals surface area (Å²) in [6.45, 7) is 7.73. The molecule has 0 radical (unpaired) electrons. The Kier molecular flexibility index (Phi) is 5.40. The van der Waals surface area contributed by atoms with Crippen molar-refractivity contribution in [1.82, 2.24) is 20.2 Å². The topological polar surface area (TPSA) is 86.9 Å². The highest BCUT2D eigenvalue weighted by Gasteiger charge is 2.34. The first-order valence-electron chi connectivity index (χ1n) is 7.71. The molecule has 1 aromatic heterocycles. The van der Waals surface area contributed by atoms with Crippen LogP contribution in [0, 0.1) is 11.8 Å². The standard InChI is InChI=1S/C14H26N4O2S/c1-4-7-15-8-12-9-16-17-14(12)21(19,20)18-13-6-5-10(2)11(13)3/h9-11,13,15,18H,4-8H2,1-3H3,(H,16,17). The second kappa shape index (κ2) is 6.89. The molecule has 2 rings (SSSR count). The maximum Gasteiger partial charge on any atom is 0.258 e. The van der Waals surface area contributed by atoms with Crippen LogP contribution >= 0.6 is 0 Å². The van der Waals surface area contributed by atoms with E-state index in [1.54, 1.807) is 6.20 Å². The van der Waals surface area contributed by atoms with Gasteiger partial charge in [-0.25, -0.2) is 13.1 Å². The lowest BCUT2D eigenvalue weighted by Crippen LogP contribution is -2.38. The lowest BCUT2D eigenvalue weighted by molar-refractivity contribution is 0.401. The van der Waals surface area contributed by atoms with Crippen LogP contribution in [-0.4, -0.2) is 31.2 Å². The average molecular weight is 314 g/mol. The van der Waals surface area contributed by atoms with Gasteiger partial charge in [-0.05, 0) is 37.6 Å². The molecule has 1 fully saturated rings. The minimum atomic E-state index is -3.53. The smallest absolute Gasteiger partial charge is 0.258 e. The summed E-state index contributed by atoms with van der Waals surface area (Å²) in [5.74, 6) is 0.925. The van der Waals surface area contributed by atoms with Crippen LogP contribution < -0.4 is 10.0 Å². The van der Waals surface area contributed by atoms with E-state index in [1.807, 2.05) is 0 Å². The molecule has 120 valence electrons. The van der Waals surface area contributed by atoms with E-state index in [0.29, 0.717) is 23.9 Å². The van der Waals surface area contributed by atoms with Crippen molar-refractivity contribution in [3.05, 3.63) is 11.8 Å². The van der Waals surface area contributed by atoms with Gasteiger partial charge in [-0.2, -0.15) is 5.10 Å². The van der Waals surface area contributed by atoms with Crippen LogP contribution in [0.3, 0.4) is 0 Å². The molecule has 1 aliphatic rings. The van der Waals surface area contributed by atoms with Crippen molar-refractivity contribution in [1.29, 1.82) is 0 Å². The highest BCUT2D eigenvalue weighted by molar-refractivity contribution is 7.89. The van der Waals surface area contributed by atoms with Gasteiger partial charge in [0.05, 0.1) is 6.20 Å². The summed E-state index contributed by atoms with van der Waals surface area (Å²) in [4.78, 5) is 0. The normalized spacial score (nSPS) is 26.3. The molecule has 1 aliphatic carbocycles. The summed E-state index contributed by atoms with van der Waals surface area (Å²) in [7, 11) is -3.53. The predicted molar refractivity (Wildman–Crippen MR) is 82.3 cm³/mol. The van der Waals surface area contributed by atoms with Crippen LogP contribution in [0.15, 0.2) is 11.2 Å². The SMILES string of the molecule is CCCNCc1cn[nH]c1S(=O)(=O)NC1CCC(C)C1C. The minimum Gasteiger partial charge on any atom is -0.313 e. The van der Waals surface area contributed by atoms with Crippen LogP contribution in [0.5, 0.6) is 0 Å². The van der Waals surface area contributed by atoms with Gasteiger partial charge in [0.15, 0.2) is 5.03 Å². The fraction of sp³-hybridized carbons (Fsp3) is 0.786. The fourth-order valence-electron chi connectivity index (χ4n) is 2.85. The number of aromatic nitrogens is 2. The van der Waals surface area contributed by atoms with Crippen molar-refractivity contribution in [3.63, 3.8) is 0 Å². The fourth-order valence-corrected chi connectivity index (χ4v) is 4.34. The minimum absolute atomic E-state index is 0.0183. The summed E-state index contributed by atoms with van der Waals surface area (Å²) >= 11 is 0. The molecule has 0 saturated heterocycles. The van der Waals surface area contributed by atoms with Gasteiger partial charge in [0.25, 0.3) is 10.0 Å². The summed E-state index contributed by atoms with van der Waals surface area (Å²) in [5, 5.41) is 9.92. The number of nitrogens with one attached hydrogen (secondary N) is 3. The van der Waals surface area contributed by atoms with Crippen molar-refractivity contribution in [3.8, 4) is 0 Å². The van der Waals surface area contributed by atoms with Crippen LogP contribution in [0.4, 0.5) is 0 Å². The highest BCUT2D eigenvalue weighted by Crippen LogP contribution is 2.32. The molecule has 3 unspecified atom stereocenters. The molecule has 0 aromatic carbocycles. The molecular weight excluding hydrogens is 288 g/mol. The number of sulfonamides is 1. The lowest BCUT2D eigenvalue weighted by Gasteiger charge is -2.19. The molecule has 21 heavy (non-hydrogen) atoms. The van der Waals surface area contributed by atoms with E-state index < -0.39 is 10.0 Å². The zero-order valence-electron chi connectivity index (χ0n) is 13.0. The zero-order chi connectivity index (χ0) is 15.5. The quantitative estimate of drug-likeness (QED) is 0.668. The van der Waals surface area contributed by atoms with Gasteiger partial charge >= 0.3 is 0 Å². The number of rotatable bonds is 7. The second-order valence-corrected chi connectivity index (χ2v) is 7.69. The number of hydrogen-bond donors (Lipinski definition) is 3. The maximum absolute atomic E-state index is 12.5. The average Bonchev–Trinajstić information content (AvgIpc) is 3.02. The van der Waals surface area contributed by atoms with Crippen LogP contribution in [0.2, 0.25) is 0 Å². The van der Waals surface area contributed by atoms with E-state index in [0.717, 1.165) is 25.8 Å². The van der Waals surface area contributed by atoms with Crippen molar-refractivity contribution in [2.24, 2.45) is 11.8 Å². The molecule has 1 aromatic rings. The summed E-state index contributed by atoms with van der Waals surface area (Å²) in [6, 6.07) is 0.0183. The summed E-state index contributed by atoms with van der Waals surface area (Å²) in [6.07, 6.45) is 4.56. The zero-order valence-corrected chi connectivity index (χ0v) is 13.8. The van der Waals surface area contributed by atoms with E-state index in [9.17, 15) is 8.42 Å². The van der Waals surface area contributed by atoms with Crippen LogP contribution in [0.25, 0.3) is 0 Å². The molecule has 0 aliphatic heterocycles. The molecule has 1 saturated carbocycles. The summed E-state index contributed by atoms with van der Waals surface area (Å²) in [5.41, 5.74) is 0.689. The van der Waals surface area contributed by atoms with Crippen molar-refractivity contribution >= 4 is 10.0 Å². The molecule has 0 bridgehead atoms. The molecular formula is C14H26N4O2S. The van der Waals surface area contributed by atoms with Crippen molar-refractivity contribution in [2.75, 3.05) is 6.54 Å². The maximum atomic E-state index is 12.5. The number of aromatic amines is 1. The predicted octanol–water partition coefficient (Wildman–Crippen LogP) is 1.62. The third-order valence-electron chi connectivity index (χ3n) is 4.46. The Hall–Kier alpha value is -0.920. The van der Waals surface area contributed by atoms with E-state index in [1.165, 1.54) is 0 Å². The van der Waals surface area contributed by atoms with Gasteiger partial charge in [-0.3, -0.25) is 5.10 Å². The number of nitrogens with zero attached hydrogens (tertiary/aromatic N) is 1. The van der Waals surface area contributed by atoms with Gasteiger partial charge in [-0.15, -0.1) is 0 Å². The number of H-pyrrole nitrogens is 1. The Morgan fingerprint density at radius 1 is 1.38 bits per heavy atom. The van der Waals surface area contributed by atoms with E-state index in [2.05, 4.69) is 41.0 Å². The Labute approximate surface area is 127 Å². The Balaban J connectivity index is 2.07. The third kappa shape index (κ3) is 3.84. The molecule has 0 spiro atoms. The van der Waals surface area contributed by atoms with Crippen LogP contribution in [0.1, 0.15) is 45.6 Å². The van der Waals surface area contributed by atoms with E-state index in [4.69, 9.17) is 0 Å². The molecule has 7 heteroatoms. The number of hydrogen-bond acceptors (Lipinski definition) is 4. The molecule has 3 N–H and O–H groups in total.